The monoisotopic (exact) mass is 153 g/mol. The minimum Gasteiger partial charge on any atom is -0.294 e. The van der Waals surface area contributed by atoms with Crippen LogP contribution in [-0.2, 0) is 4.79 Å². The third kappa shape index (κ3) is 1.52. The van der Waals surface area contributed by atoms with E-state index in [1.54, 1.807) is 0 Å². The number of hydrogen-bond acceptors (Lipinski definition) is 3. The molecule has 1 aliphatic carbocycles. The summed E-state index contributed by atoms with van der Waals surface area (Å²) in [7, 11) is 0. The number of ketones is 1. The molecule has 0 saturated carbocycles. The van der Waals surface area contributed by atoms with Crippen molar-refractivity contribution in [2.24, 2.45) is 0 Å². The first kappa shape index (κ1) is 7.65. The highest BCUT2D eigenvalue weighted by Crippen LogP contribution is 2.18. The maximum absolute atomic E-state index is 10.8. The van der Waals surface area contributed by atoms with Crippen molar-refractivity contribution in [2.75, 3.05) is 0 Å². The van der Waals surface area contributed by atoms with Crippen LogP contribution in [0.25, 0.3) is 0 Å². The summed E-state index contributed by atoms with van der Waals surface area (Å²) in [6.07, 6.45) is 1.55. The van der Waals surface area contributed by atoms with Gasteiger partial charge >= 0.3 is 0 Å². The molecule has 0 saturated heterocycles. The molecule has 58 valence electrons. The molecule has 1 rings (SSSR count). The lowest BCUT2D eigenvalue weighted by atomic mass is 9.99. The van der Waals surface area contributed by atoms with Crippen LogP contribution in [0.3, 0.4) is 0 Å². The first-order valence-electron chi connectivity index (χ1n) is 3.15. The molecule has 0 atom stereocenters. The predicted octanol–water partition coefficient (Wildman–Crippen LogP) is 1.07. The van der Waals surface area contributed by atoms with Gasteiger partial charge in [-0.2, -0.15) is 0 Å². The molecule has 0 amide bonds. The molecule has 0 aromatic heterocycles. The molecule has 0 fully saturated rings. The Hall–Kier alpha value is -1.45. The fourth-order valence-corrected chi connectivity index (χ4v) is 0.883. The van der Waals surface area contributed by atoms with Crippen molar-refractivity contribution in [3.05, 3.63) is 34.0 Å². The number of nitro groups is 1. The lowest BCUT2D eigenvalue weighted by molar-refractivity contribution is -0.427. The van der Waals surface area contributed by atoms with E-state index < -0.39 is 4.92 Å². The molecule has 4 heteroatoms. The highest BCUT2D eigenvalue weighted by Gasteiger charge is 2.21. The van der Waals surface area contributed by atoms with Gasteiger partial charge in [0.1, 0.15) is 0 Å². The summed E-state index contributed by atoms with van der Waals surface area (Å²) in [5.41, 5.74) is 0.411. The molecule has 0 aromatic rings. The first-order valence-corrected chi connectivity index (χ1v) is 3.15. The molecular weight excluding hydrogens is 146 g/mol. The fourth-order valence-electron chi connectivity index (χ4n) is 0.883. The van der Waals surface area contributed by atoms with E-state index in [9.17, 15) is 14.9 Å². The summed E-state index contributed by atoms with van der Waals surface area (Å²) < 4.78 is 0. The van der Waals surface area contributed by atoms with Crippen molar-refractivity contribution in [3.63, 3.8) is 0 Å². The molecule has 0 heterocycles. The largest absolute Gasteiger partial charge is 0.294 e. The van der Waals surface area contributed by atoms with Gasteiger partial charge in [0.2, 0.25) is 5.70 Å². The minimum atomic E-state index is -0.475. The van der Waals surface area contributed by atoms with E-state index in [0.29, 0.717) is 5.57 Å². The van der Waals surface area contributed by atoms with Crippen molar-refractivity contribution in [1.29, 1.82) is 0 Å². The maximum Gasteiger partial charge on any atom is 0.247 e. The van der Waals surface area contributed by atoms with Crippen LogP contribution in [0.5, 0.6) is 0 Å². The summed E-state index contributed by atoms with van der Waals surface area (Å²) in [5.74, 6) is -0.101. The first-order chi connectivity index (χ1) is 5.11. The van der Waals surface area contributed by atoms with Crippen LogP contribution in [0.4, 0.5) is 0 Å². The van der Waals surface area contributed by atoms with Gasteiger partial charge in [-0.25, -0.2) is 0 Å². The second-order valence-electron chi connectivity index (χ2n) is 2.36. The molecule has 0 aliphatic heterocycles. The van der Waals surface area contributed by atoms with Gasteiger partial charge < -0.3 is 0 Å². The number of carbonyl (C=O) groups excluding carboxylic acids is 1. The number of hydrogen-bond donors (Lipinski definition) is 0. The Bertz CT molecular complexity index is 265. The summed E-state index contributed by atoms with van der Waals surface area (Å²) in [5, 5.41) is 10.2. The van der Waals surface area contributed by atoms with Gasteiger partial charge in [0.25, 0.3) is 0 Å². The van der Waals surface area contributed by atoms with E-state index in [1.165, 1.54) is 6.08 Å². The third-order valence-corrected chi connectivity index (χ3v) is 1.55. The van der Waals surface area contributed by atoms with Crippen molar-refractivity contribution in [2.45, 2.75) is 12.8 Å². The number of allylic oxidation sites excluding steroid dienone is 2. The van der Waals surface area contributed by atoms with Crippen LogP contribution >= 0.6 is 0 Å². The summed E-state index contributed by atoms with van der Waals surface area (Å²) in [4.78, 5) is 20.5. The SMILES string of the molecule is C=C1CC([N+](=O)[O-])=CCC1=O. The van der Waals surface area contributed by atoms with Crippen molar-refractivity contribution in [3.8, 4) is 0 Å². The molecular formula is C7H7NO3. The number of nitrogens with zero attached hydrogens (tertiary/aromatic N) is 1. The zero-order valence-corrected chi connectivity index (χ0v) is 5.87. The Morgan fingerprint density at radius 2 is 2.27 bits per heavy atom. The normalized spacial score (nSPS) is 18.0. The Morgan fingerprint density at radius 3 is 2.73 bits per heavy atom. The summed E-state index contributed by atoms with van der Waals surface area (Å²) in [6.45, 7) is 3.43. The van der Waals surface area contributed by atoms with Crippen molar-refractivity contribution >= 4 is 5.78 Å². The summed E-state index contributed by atoms with van der Waals surface area (Å²) >= 11 is 0. The van der Waals surface area contributed by atoms with E-state index >= 15 is 0 Å². The second-order valence-corrected chi connectivity index (χ2v) is 2.36. The van der Waals surface area contributed by atoms with Crippen molar-refractivity contribution < 1.29 is 9.72 Å². The van der Waals surface area contributed by atoms with E-state index in [4.69, 9.17) is 0 Å². The van der Waals surface area contributed by atoms with Gasteiger partial charge in [-0.15, -0.1) is 0 Å². The molecule has 0 aromatic carbocycles. The molecule has 4 nitrogen and oxygen atoms in total. The number of rotatable bonds is 1. The zero-order valence-electron chi connectivity index (χ0n) is 5.87. The van der Waals surface area contributed by atoms with Crippen LogP contribution in [0.1, 0.15) is 12.8 Å². The molecule has 0 radical (unpaired) electrons. The summed E-state index contributed by atoms with van der Waals surface area (Å²) in [6, 6.07) is 0. The highest BCUT2D eigenvalue weighted by atomic mass is 16.6. The average molecular weight is 153 g/mol. The molecule has 1 aliphatic rings. The van der Waals surface area contributed by atoms with E-state index in [-0.39, 0.29) is 24.3 Å². The molecule has 11 heavy (non-hydrogen) atoms. The van der Waals surface area contributed by atoms with Crippen LogP contribution in [-0.4, -0.2) is 10.7 Å². The third-order valence-electron chi connectivity index (χ3n) is 1.55. The van der Waals surface area contributed by atoms with Crippen LogP contribution in [0, 0.1) is 10.1 Å². The topological polar surface area (TPSA) is 60.2 Å². The van der Waals surface area contributed by atoms with Gasteiger partial charge in [-0.1, -0.05) is 6.58 Å². The number of carbonyl (C=O) groups is 1. The minimum absolute atomic E-state index is 0.0783. The molecule has 0 spiro atoms. The lowest BCUT2D eigenvalue weighted by Crippen LogP contribution is -2.11. The lowest BCUT2D eigenvalue weighted by Gasteiger charge is -2.06. The molecule has 0 unspecified atom stereocenters. The predicted molar refractivity (Wildman–Crippen MR) is 38.5 cm³/mol. The average Bonchev–Trinajstić information content (AvgIpc) is 1.94. The smallest absolute Gasteiger partial charge is 0.247 e. The van der Waals surface area contributed by atoms with Gasteiger partial charge in [0.15, 0.2) is 5.78 Å². The number of Topliss-reactive ketones (excluding diaryl/α,β-unsaturated/α-hetero) is 1. The quantitative estimate of drug-likeness (QED) is 0.321. The van der Waals surface area contributed by atoms with E-state index in [2.05, 4.69) is 6.58 Å². The van der Waals surface area contributed by atoms with Crippen LogP contribution in [0.15, 0.2) is 23.9 Å². The molecule has 0 N–H and O–H groups in total. The Morgan fingerprint density at radius 1 is 1.64 bits per heavy atom. The Kier molecular flexibility index (Phi) is 1.85. The van der Waals surface area contributed by atoms with E-state index in [1.807, 2.05) is 0 Å². The standard InChI is InChI=1S/C7H7NO3/c1-5-4-6(8(10)11)2-3-7(5)9/h2H,1,3-4H2. The Labute approximate surface area is 63.4 Å². The van der Waals surface area contributed by atoms with Gasteiger partial charge in [0.05, 0.1) is 11.3 Å². The van der Waals surface area contributed by atoms with E-state index in [0.717, 1.165) is 0 Å². The maximum atomic E-state index is 10.8. The highest BCUT2D eigenvalue weighted by molar-refractivity contribution is 5.97. The van der Waals surface area contributed by atoms with Crippen LogP contribution in [0.2, 0.25) is 0 Å². The van der Waals surface area contributed by atoms with Gasteiger partial charge in [-0.05, 0) is 11.6 Å². The molecule has 0 bridgehead atoms. The van der Waals surface area contributed by atoms with Crippen molar-refractivity contribution in [1.82, 2.24) is 0 Å². The Balaban J connectivity index is 2.82. The second kappa shape index (κ2) is 2.65. The van der Waals surface area contributed by atoms with Crippen LogP contribution < -0.4 is 0 Å². The van der Waals surface area contributed by atoms with Gasteiger partial charge in [-0.3, -0.25) is 14.9 Å². The zero-order chi connectivity index (χ0) is 8.43. The fraction of sp³-hybridized carbons (Fsp3) is 0.286. The van der Waals surface area contributed by atoms with Gasteiger partial charge in [0, 0.05) is 6.42 Å².